The second-order valence-corrected chi connectivity index (χ2v) is 7.93. The first-order chi connectivity index (χ1) is 9.40. The standard InChI is InChI=1S/C17H26BrNO/c1-17(2,3)16(8-9-20)19-15-10-13(11-15)12-4-6-14(18)7-5-12/h4-7,13,15-16,19-20H,8-11H2,1-3H3. The van der Waals surface area contributed by atoms with Crippen LogP contribution >= 0.6 is 15.9 Å². The molecular formula is C17H26BrNO. The lowest BCUT2D eigenvalue weighted by atomic mass is 9.74. The fourth-order valence-corrected chi connectivity index (χ4v) is 3.21. The monoisotopic (exact) mass is 339 g/mol. The first-order valence-electron chi connectivity index (χ1n) is 7.52. The van der Waals surface area contributed by atoms with E-state index in [4.69, 9.17) is 0 Å². The van der Waals surface area contributed by atoms with E-state index in [1.807, 2.05) is 0 Å². The molecule has 0 aromatic heterocycles. The lowest BCUT2D eigenvalue weighted by molar-refractivity contribution is 0.157. The zero-order valence-electron chi connectivity index (χ0n) is 12.7. The summed E-state index contributed by atoms with van der Waals surface area (Å²) >= 11 is 3.48. The third kappa shape index (κ3) is 4.06. The average molecular weight is 340 g/mol. The molecule has 1 saturated carbocycles. The molecule has 3 heteroatoms. The van der Waals surface area contributed by atoms with Gasteiger partial charge >= 0.3 is 0 Å². The van der Waals surface area contributed by atoms with E-state index in [-0.39, 0.29) is 12.0 Å². The van der Waals surface area contributed by atoms with E-state index < -0.39 is 0 Å². The van der Waals surface area contributed by atoms with E-state index in [9.17, 15) is 5.11 Å². The summed E-state index contributed by atoms with van der Waals surface area (Å²) in [5, 5.41) is 13.0. The highest BCUT2D eigenvalue weighted by molar-refractivity contribution is 9.10. The number of nitrogens with one attached hydrogen (secondary N) is 1. The van der Waals surface area contributed by atoms with Gasteiger partial charge in [-0.25, -0.2) is 0 Å². The third-order valence-electron chi connectivity index (χ3n) is 4.38. The van der Waals surface area contributed by atoms with Crippen molar-refractivity contribution in [3.63, 3.8) is 0 Å². The maximum absolute atomic E-state index is 9.22. The molecule has 0 amide bonds. The fourth-order valence-electron chi connectivity index (χ4n) is 2.94. The Balaban J connectivity index is 1.85. The minimum Gasteiger partial charge on any atom is -0.396 e. The summed E-state index contributed by atoms with van der Waals surface area (Å²) in [6.07, 6.45) is 3.25. The number of hydrogen-bond donors (Lipinski definition) is 2. The molecule has 2 nitrogen and oxygen atoms in total. The molecule has 0 spiro atoms. The highest BCUT2D eigenvalue weighted by Crippen LogP contribution is 2.38. The van der Waals surface area contributed by atoms with Crippen molar-refractivity contribution in [1.29, 1.82) is 0 Å². The fraction of sp³-hybridized carbons (Fsp3) is 0.647. The van der Waals surface area contributed by atoms with Gasteiger partial charge < -0.3 is 10.4 Å². The molecule has 0 heterocycles. The molecule has 2 N–H and O–H groups in total. The molecule has 1 atom stereocenters. The minimum atomic E-state index is 0.200. The van der Waals surface area contributed by atoms with Crippen LogP contribution in [0.1, 0.15) is 51.5 Å². The third-order valence-corrected chi connectivity index (χ3v) is 4.91. The Morgan fingerprint density at radius 2 is 1.85 bits per heavy atom. The van der Waals surface area contributed by atoms with Gasteiger partial charge in [0, 0.05) is 23.2 Å². The molecule has 1 fully saturated rings. The Bertz CT molecular complexity index is 418. The van der Waals surface area contributed by atoms with Gasteiger partial charge in [0.05, 0.1) is 0 Å². The maximum Gasteiger partial charge on any atom is 0.0446 e. The Labute approximate surface area is 131 Å². The van der Waals surface area contributed by atoms with Crippen molar-refractivity contribution in [2.75, 3.05) is 6.61 Å². The van der Waals surface area contributed by atoms with Crippen LogP contribution in [0.4, 0.5) is 0 Å². The van der Waals surface area contributed by atoms with Crippen LogP contribution in [0.3, 0.4) is 0 Å². The van der Waals surface area contributed by atoms with Gasteiger partial charge in [-0.15, -0.1) is 0 Å². The first-order valence-corrected chi connectivity index (χ1v) is 8.32. The van der Waals surface area contributed by atoms with Gasteiger partial charge in [0.2, 0.25) is 0 Å². The van der Waals surface area contributed by atoms with Gasteiger partial charge in [-0.3, -0.25) is 0 Å². The van der Waals surface area contributed by atoms with Crippen LogP contribution in [0.15, 0.2) is 28.7 Å². The van der Waals surface area contributed by atoms with Gasteiger partial charge in [-0.1, -0.05) is 48.8 Å². The van der Waals surface area contributed by atoms with Crippen LogP contribution < -0.4 is 5.32 Å². The molecule has 1 aromatic rings. The second-order valence-electron chi connectivity index (χ2n) is 7.01. The van der Waals surface area contributed by atoms with Crippen LogP contribution in [0.25, 0.3) is 0 Å². The van der Waals surface area contributed by atoms with E-state index in [2.05, 4.69) is 66.3 Å². The average Bonchev–Trinajstić information content (AvgIpc) is 2.32. The van der Waals surface area contributed by atoms with Crippen molar-refractivity contribution in [3.05, 3.63) is 34.3 Å². The lowest BCUT2D eigenvalue weighted by Gasteiger charge is -2.42. The van der Waals surface area contributed by atoms with Crippen molar-refractivity contribution in [3.8, 4) is 0 Å². The molecule has 20 heavy (non-hydrogen) atoms. The molecule has 0 radical (unpaired) electrons. The van der Waals surface area contributed by atoms with Crippen LogP contribution in [0, 0.1) is 5.41 Å². The predicted octanol–water partition coefficient (Wildman–Crippen LogP) is 4.08. The minimum absolute atomic E-state index is 0.200. The van der Waals surface area contributed by atoms with Crippen molar-refractivity contribution in [2.24, 2.45) is 5.41 Å². The lowest BCUT2D eigenvalue weighted by Crippen LogP contribution is -2.50. The van der Waals surface area contributed by atoms with Crippen molar-refractivity contribution in [1.82, 2.24) is 5.32 Å². The van der Waals surface area contributed by atoms with Crippen LogP contribution in [0.2, 0.25) is 0 Å². The summed E-state index contributed by atoms with van der Waals surface area (Å²) in [6.45, 7) is 6.99. The summed E-state index contributed by atoms with van der Waals surface area (Å²) in [5.74, 6) is 0.690. The van der Waals surface area contributed by atoms with Crippen LogP contribution in [-0.4, -0.2) is 23.8 Å². The molecule has 0 bridgehead atoms. The van der Waals surface area contributed by atoms with Gasteiger partial charge in [0.15, 0.2) is 0 Å². The summed E-state index contributed by atoms with van der Waals surface area (Å²) < 4.78 is 1.14. The molecule has 0 aliphatic heterocycles. The predicted molar refractivity (Wildman–Crippen MR) is 88.0 cm³/mol. The molecule has 1 aliphatic rings. The second kappa shape index (κ2) is 6.59. The largest absolute Gasteiger partial charge is 0.396 e. The molecule has 1 unspecified atom stereocenters. The molecule has 112 valence electrons. The highest BCUT2D eigenvalue weighted by Gasteiger charge is 2.34. The van der Waals surface area contributed by atoms with Crippen molar-refractivity contribution in [2.45, 2.75) is 58.0 Å². The van der Waals surface area contributed by atoms with E-state index in [1.165, 1.54) is 18.4 Å². The van der Waals surface area contributed by atoms with Gasteiger partial charge in [0.25, 0.3) is 0 Å². The Morgan fingerprint density at radius 3 is 2.35 bits per heavy atom. The van der Waals surface area contributed by atoms with E-state index in [0.717, 1.165) is 10.9 Å². The quantitative estimate of drug-likeness (QED) is 0.846. The number of aliphatic hydroxyl groups excluding tert-OH is 1. The maximum atomic E-state index is 9.22. The molecule has 1 aliphatic carbocycles. The number of aliphatic hydroxyl groups is 1. The Hall–Kier alpha value is -0.380. The number of benzene rings is 1. The smallest absolute Gasteiger partial charge is 0.0446 e. The zero-order chi connectivity index (χ0) is 14.8. The number of hydrogen-bond acceptors (Lipinski definition) is 2. The molecule has 0 saturated heterocycles. The highest BCUT2D eigenvalue weighted by atomic mass is 79.9. The molecular weight excluding hydrogens is 314 g/mol. The zero-order valence-corrected chi connectivity index (χ0v) is 14.3. The summed E-state index contributed by atoms with van der Waals surface area (Å²) in [5.41, 5.74) is 1.64. The van der Waals surface area contributed by atoms with Crippen molar-refractivity contribution < 1.29 is 5.11 Å². The number of halogens is 1. The number of rotatable bonds is 5. The van der Waals surface area contributed by atoms with E-state index in [1.54, 1.807) is 0 Å². The van der Waals surface area contributed by atoms with E-state index >= 15 is 0 Å². The summed E-state index contributed by atoms with van der Waals surface area (Å²) in [6, 6.07) is 9.68. The molecule has 2 rings (SSSR count). The van der Waals surface area contributed by atoms with Gasteiger partial charge in [-0.2, -0.15) is 0 Å². The first kappa shape index (κ1) is 16.0. The summed E-state index contributed by atoms with van der Waals surface area (Å²) in [7, 11) is 0. The normalized spacial score (nSPS) is 24.2. The summed E-state index contributed by atoms with van der Waals surface area (Å²) in [4.78, 5) is 0. The van der Waals surface area contributed by atoms with E-state index in [0.29, 0.717) is 18.0 Å². The van der Waals surface area contributed by atoms with Crippen LogP contribution in [-0.2, 0) is 0 Å². The van der Waals surface area contributed by atoms with Crippen molar-refractivity contribution >= 4 is 15.9 Å². The Morgan fingerprint density at radius 1 is 1.25 bits per heavy atom. The topological polar surface area (TPSA) is 32.3 Å². The van der Waals surface area contributed by atoms with Gasteiger partial charge in [-0.05, 0) is 48.3 Å². The van der Waals surface area contributed by atoms with Gasteiger partial charge in [0.1, 0.15) is 0 Å². The molecule has 1 aromatic carbocycles. The van der Waals surface area contributed by atoms with Crippen LogP contribution in [0.5, 0.6) is 0 Å². The SMILES string of the molecule is CC(C)(C)C(CCO)NC1CC(c2ccc(Br)cc2)C1. The Kier molecular flexibility index (Phi) is 5.27.